The van der Waals surface area contributed by atoms with Crippen molar-refractivity contribution in [2.75, 3.05) is 26.2 Å². The van der Waals surface area contributed by atoms with Crippen molar-refractivity contribution in [3.05, 3.63) is 33.8 Å². The van der Waals surface area contributed by atoms with Crippen LogP contribution in [0.4, 0.5) is 0 Å². The van der Waals surface area contributed by atoms with Gasteiger partial charge in [-0.05, 0) is 37.2 Å². The first-order valence-electron chi connectivity index (χ1n) is 5.63. The third-order valence-electron chi connectivity index (χ3n) is 2.82. The number of halogens is 2. The van der Waals surface area contributed by atoms with Crippen molar-refractivity contribution in [3.63, 3.8) is 0 Å². The number of benzene rings is 1. The molecule has 2 nitrogen and oxygen atoms in total. The minimum absolute atomic E-state index is 0.628. The molecule has 1 heterocycles. The molecule has 1 aliphatic heterocycles. The van der Waals surface area contributed by atoms with Crippen molar-refractivity contribution in [1.29, 1.82) is 0 Å². The van der Waals surface area contributed by atoms with Gasteiger partial charge in [-0.2, -0.15) is 0 Å². The Bertz CT molecular complexity index is 347. The average Bonchev–Trinajstić information content (AvgIpc) is 2.52. The molecule has 0 aliphatic carbocycles. The van der Waals surface area contributed by atoms with Crippen molar-refractivity contribution >= 4 is 23.2 Å². The maximum absolute atomic E-state index is 6.00. The summed E-state index contributed by atoms with van der Waals surface area (Å²) in [6.45, 7) is 5.39. The molecule has 16 heavy (non-hydrogen) atoms. The lowest BCUT2D eigenvalue weighted by Gasteiger charge is -2.19. The van der Waals surface area contributed by atoms with Gasteiger partial charge >= 0.3 is 0 Å². The van der Waals surface area contributed by atoms with Gasteiger partial charge in [0.1, 0.15) is 0 Å². The Balaban J connectivity index is 1.99. The summed E-state index contributed by atoms with van der Waals surface area (Å²) < 4.78 is 0. The van der Waals surface area contributed by atoms with Crippen molar-refractivity contribution < 1.29 is 0 Å². The summed E-state index contributed by atoms with van der Waals surface area (Å²) in [6, 6.07) is 5.88. The Morgan fingerprint density at radius 2 is 2.00 bits per heavy atom. The van der Waals surface area contributed by atoms with Crippen LogP contribution in [-0.2, 0) is 6.54 Å². The van der Waals surface area contributed by atoms with Crippen LogP contribution in [0, 0.1) is 0 Å². The quantitative estimate of drug-likeness (QED) is 0.878. The molecule has 0 amide bonds. The fourth-order valence-corrected chi connectivity index (χ4v) is 2.28. The first kappa shape index (κ1) is 12.2. The predicted octanol–water partition coefficient (Wildman–Crippen LogP) is 2.79. The van der Waals surface area contributed by atoms with E-state index in [1.807, 2.05) is 18.2 Å². The lowest BCUT2D eigenvalue weighted by atomic mass is 10.2. The maximum atomic E-state index is 6.00. The van der Waals surface area contributed by atoms with E-state index < -0.39 is 0 Å². The first-order valence-corrected chi connectivity index (χ1v) is 6.38. The molecular formula is C12H16Cl2N2. The molecule has 0 saturated carbocycles. The third kappa shape index (κ3) is 3.36. The second-order valence-electron chi connectivity index (χ2n) is 4.13. The highest BCUT2D eigenvalue weighted by molar-refractivity contribution is 6.42. The zero-order valence-electron chi connectivity index (χ0n) is 9.18. The summed E-state index contributed by atoms with van der Waals surface area (Å²) >= 11 is 11.9. The van der Waals surface area contributed by atoms with Gasteiger partial charge in [-0.3, -0.25) is 4.90 Å². The monoisotopic (exact) mass is 258 g/mol. The van der Waals surface area contributed by atoms with Gasteiger partial charge < -0.3 is 5.32 Å². The second-order valence-corrected chi connectivity index (χ2v) is 4.94. The number of hydrogen-bond acceptors (Lipinski definition) is 2. The number of nitrogens with zero attached hydrogens (tertiary/aromatic N) is 1. The molecule has 88 valence electrons. The molecule has 0 radical (unpaired) electrons. The van der Waals surface area contributed by atoms with E-state index in [4.69, 9.17) is 23.2 Å². The standard InChI is InChI=1S/C12H16Cl2N2/c13-11-3-2-10(8-12(11)14)9-16-6-1-4-15-5-7-16/h2-3,8,15H,1,4-7,9H2. The van der Waals surface area contributed by atoms with E-state index in [0.29, 0.717) is 10.0 Å². The molecule has 0 bridgehead atoms. The fraction of sp³-hybridized carbons (Fsp3) is 0.500. The van der Waals surface area contributed by atoms with E-state index in [2.05, 4.69) is 10.2 Å². The molecule has 0 unspecified atom stereocenters. The Labute approximate surface area is 107 Å². The summed E-state index contributed by atoms with van der Waals surface area (Å²) in [5, 5.41) is 4.67. The van der Waals surface area contributed by atoms with Crippen LogP contribution in [0.25, 0.3) is 0 Å². The highest BCUT2D eigenvalue weighted by Crippen LogP contribution is 2.23. The van der Waals surface area contributed by atoms with Gasteiger partial charge in [0, 0.05) is 19.6 Å². The topological polar surface area (TPSA) is 15.3 Å². The van der Waals surface area contributed by atoms with E-state index in [1.54, 1.807) is 0 Å². The van der Waals surface area contributed by atoms with Crippen LogP contribution in [0.15, 0.2) is 18.2 Å². The molecule has 1 aromatic rings. The van der Waals surface area contributed by atoms with E-state index in [-0.39, 0.29) is 0 Å². The molecular weight excluding hydrogens is 243 g/mol. The second kappa shape index (κ2) is 5.87. The third-order valence-corrected chi connectivity index (χ3v) is 3.56. The first-order chi connectivity index (χ1) is 7.75. The summed E-state index contributed by atoms with van der Waals surface area (Å²) in [5.74, 6) is 0. The summed E-state index contributed by atoms with van der Waals surface area (Å²) in [6.07, 6.45) is 1.21. The van der Waals surface area contributed by atoms with Crippen LogP contribution >= 0.6 is 23.2 Å². The maximum Gasteiger partial charge on any atom is 0.0595 e. The zero-order chi connectivity index (χ0) is 11.4. The highest BCUT2D eigenvalue weighted by atomic mass is 35.5. The van der Waals surface area contributed by atoms with Crippen LogP contribution in [0.1, 0.15) is 12.0 Å². The van der Waals surface area contributed by atoms with Crippen molar-refractivity contribution in [2.45, 2.75) is 13.0 Å². The summed E-state index contributed by atoms with van der Waals surface area (Å²) in [5.41, 5.74) is 1.23. The van der Waals surface area contributed by atoms with E-state index in [0.717, 1.165) is 32.7 Å². The van der Waals surface area contributed by atoms with Crippen molar-refractivity contribution in [2.24, 2.45) is 0 Å². The van der Waals surface area contributed by atoms with Gasteiger partial charge in [-0.1, -0.05) is 29.3 Å². The van der Waals surface area contributed by atoms with E-state index >= 15 is 0 Å². The number of hydrogen-bond donors (Lipinski definition) is 1. The minimum atomic E-state index is 0.628. The molecule has 1 aromatic carbocycles. The van der Waals surface area contributed by atoms with E-state index in [1.165, 1.54) is 12.0 Å². The summed E-state index contributed by atoms with van der Waals surface area (Å²) in [4.78, 5) is 2.44. The van der Waals surface area contributed by atoms with Gasteiger partial charge in [-0.15, -0.1) is 0 Å². The summed E-state index contributed by atoms with van der Waals surface area (Å²) in [7, 11) is 0. The van der Waals surface area contributed by atoms with Crippen molar-refractivity contribution in [1.82, 2.24) is 10.2 Å². The molecule has 2 rings (SSSR count). The Kier molecular flexibility index (Phi) is 4.47. The Morgan fingerprint density at radius 1 is 1.12 bits per heavy atom. The molecule has 1 aliphatic rings. The predicted molar refractivity (Wildman–Crippen MR) is 69.2 cm³/mol. The lowest BCUT2D eigenvalue weighted by Crippen LogP contribution is -2.27. The molecule has 1 saturated heterocycles. The molecule has 0 aromatic heterocycles. The minimum Gasteiger partial charge on any atom is -0.315 e. The van der Waals surface area contributed by atoms with Crippen molar-refractivity contribution in [3.8, 4) is 0 Å². The molecule has 1 fully saturated rings. The van der Waals surface area contributed by atoms with Gasteiger partial charge in [0.15, 0.2) is 0 Å². The molecule has 0 spiro atoms. The average molecular weight is 259 g/mol. The van der Waals surface area contributed by atoms with E-state index in [9.17, 15) is 0 Å². The SMILES string of the molecule is Clc1ccc(CN2CCCNCC2)cc1Cl. The number of nitrogens with one attached hydrogen (secondary N) is 1. The van der Waals surface area contributed by atoms with Crippen LogP contribution < -0.4 is 5.32 Å². The molecule has 0 atom stereocenters. The van der Waals surface area contributed by atoms with Crippen LogP contribution in [-0.4, -0.2) is 31.1 Å². The molecule has 4 heteroatoms. The highest BCUT2D eigenvalue weighted by Gasteiger charge is 2.09. The zero-order valence-corrected chi connectivity index (χ0v) is 10.7. The smallest absolute Gasteiger partial charge is 0.0595 e. The lowest BCUT2D eigenvalue weighted by molar-refractivity contribution is 0.284. The Hall–Kier alpha value is -0.280. The number of rotatable bonds is 2. The fourth-order valence-electron chi connectivity index (χ4n) is 1.96. The Morgan fingerprint density at radius 3 is 2.81 bits per heavy atom. The molecule has 1 N–H and O–H groups in total. The van der Waals surface area contributed by atoms with Crippen LogP contribution in [0.2, 0.25) is 10.0 Å². The normalized spacial score (nSPS) is 18.4. The largest absolute Gasteiger partial charge is 0.315 e. The van der Waals surface area contributed by atoms with Crippen LogP contribution in [0.5, 0.6) is 0 Å². The van der Waals surface area contributed by atoms with Gasteiger partial charge in [0.05, 0.1) is 10.0 Å². The van der Waals surface area contributed by atoms with Crippen LogP contribution in [0.3, 0.4) is 0 Å². The van der Waals surface area contributed by atoms with Gasteiger partial charge in [0.25, 0.3) is 0 Å². The van der Waals surface area contributed by atoms with Gasteiger partial charge in [0.2, 0.25) is 0 Å². The van der Waals surface area contributed by atoms with Gasteiger partial charge in [-0.25, -0.2) is 0 Å².